The first kappa shape index (κ1) is 15.6. The summed E-state index contributed by atoms with van der Waals surface area (Å²) in [6.45, 7) is 1.98. The molecule has 0 heterocycles. The third-order valence-corrected chi connectivity index (χ3v) is 3.35. The number of rotatable bonds is 5. The highest BCUT2D eigenvalue weighted by molar-refractivity contribution is 5.68. The number of carbonyl (C=O) groups is 1. The second kappa shape index (κ2) is 7.84. The Hall–Kier alpha value is -2.80. The molecule has 0 radical (unpaired) electrons. The molecule has 0 aromatic heterocycles. The van der Waals surface area contributed by atoms with Crippen molar-refractivity contribution in [2.45, 2.75) is 19.6 Å². The highest BCUT2D eigenvalue weighted by Gasteiger charge is 2.21. The Kier molecular flexibility index (Phi) is 5.56. The number of alkyl carbamates (subject to hydrolysis) is 1. The van der Waals surface area contributed by atoms with Crippen LogP contribution in [0.3, 0.4) is 0 Å². The minimum absolute atomic E-state index is 0.203. The summed E-state index contributed by atoms with van der Waals surface area (Å²) in [6, 6.07) is 20.7. The van der Waals surface area contributed by atoms with E-state index < -0.39 is 12.1 Å². The molecule has 4 heteroatoms. The molecule has 0 aliphatic heterocycles. The summed E-state index contributed by atoms with van der Waals surface area (Å²) in [5, 5.41) is 11.9. The van der Waals surface area contributed by atoms with Crippen LogP contribution in [0.1, 0.15) is 24.1 Å². The molecule has 0 saturated heterocycles. The van der Waals surface area contributed by atoms with Crippen molar-refractivity contribution in [1.29, 1.82) is 5.26 Å². The van der Waals surface area contributed by atoms with Crippen molar-refractivity contribution in [1.82, 2.24) is 5.32 Å². The minimum atomic E-state index is -0.528. The lowest BCUT2D eigenvalue weighted by atomic mass is 9.96. The van der Waals surface area contributed by atoms with Gasteiger partial charge in [0.15, 0.2) is 0 Å². The molecule has 2 aromatic rings. The first-order valence-electron chi connectivity index (χ1n) is 7.12. The molecule has 1 N–H and O–H groups in total. The number of nitrogens with one attached hydrogen (secondary N) is 1. The lowest BCUT2D eigenvalue weighted by molar-refractivity contribution is 0.133. The van der Waals surface area contributed by atoms with E-state index in [1.807, 2.05) is 60.7 Å². The van der Waals surface area contributed by atoms with Gasteiger partial charge >= 0.3 is 6.09 Å². The van der Waals surface area contributed by atoms with E-state index in [1.165, 1.54) is 0 Å². The third-order valence-electron chi connectivity index (χ3n) is 3.35. The number of nitriles is 1. The summed E-state index contributed by atoms with van der Waals surface area (Å²) in [7, 11) is 0. The highest BCUT2D eigenvalue weighted by Crippen LogP contribution is 2.21. The molecule has 2 aromatic carbocycles. The lowest BCUT2D eigenvalue weighted by Gasteiger charge is -2.21. The molecular formula is C18H18N2O2. The van der Waals surface area contributed by atoms with Crippen LogP contribution in [-0.4, -0.2) is 6.09 Å². The zero-order chi connectivity index (χ0) is 15.8. The number of ether oxygens (including phenoxy) is 1. The van der Waals surface area contributed by atoms with E-state index in [0.29, 0.717) is 0 Å². The molecule has 0 spiro atoms. The monoisotopic (exact) mass is 294 g/mol. The van der Waals surface area contributed by atoms with Crippen molar-refractivity contribution in [2.24, 2.45) is 5.92 Å². The molecule has 0 unspecified atom stereocenters. The number of carbonyl (C=O) groups excluding carboxylic acids is 1. The van der Waals surface area contributed by atoms with Gasteiger partial charge in [-0.3, -0.25) is 0 Å². The fraction of sp³-hybridized carbons (Fsp3) is 0.222. The third kappa shape index (κ3) is 4.35. The quantitative estimate of drug-likeness (QED) is 0.912. The summed E-state index contributed by atoms with van der Waals surface area (Å²) >= 11 is 0. The van der Waals surface area contributed by atoms with Gasteiger partial charge in [-0.15, -0.1) is 0 Å². The second-order valence-electron chi connectivity index (χ2n) is 5.01. The topological polar surface area (TPSA) is 62.1 Å². The smallest absolute Gasteiger partial charge is 0.407 e. The van der Waals surface area contributed by atoms with E-state index in [1.54, 1.807) is 6.92 Å². The fourth-order valence-corrected chi connectivity index (χ4v) is 2.12. The van der Waals surface area contributed by atoms with Crippen molar-refractivity contribution in [3.8, 4) is 6.07 Å². The van der Waals surface area contributed by atoms with E-state index in [0.717, 1.165) is 11.1 Å². The molecule has 2 atom stereocenters. The summed E-state index contributed by atoms with van der Waals surface area (Å²) < 4.78 is 5.22. The zero-order valence-electron chi connectivity index (χ0n) is 12.4. The average Bonchev–Trinajstić information content (AvgIpc) is 2.59. The highest BCUT2D eigenvalue weighted by atomic mass is 16.5. The van der Waals surface area contributed by atoms with Crippen LogP contribution in [0.15, 0.2) is 60.7 Å². The summed E-state index contributed by atoms with van der Waals surface area (Å²) in [5.74, 6) is -0.355. The number of hydrogen-bond donors (Lipinski definition) is 1. The van der Waals surface area contributed by atoms with Crippen molar-refractivity contribution >= 4 is 6.09 Å². The van der Waals surface area contributed by atoms with Crippen LogP contribution in [0.4, 0.5) is 4.79 Å². The average molecular weight is 294 g/mol. The van der Waals surface area contributed by atoms with Gasteiger partial charge in [0.05, 0.1) is 18.0 Å². The molecule has 0 aliphatic carbocycles. The predicted octanol–water partition coefficient (Wildman–Crippen LogP) is 3.81. The standard InChI is InChI=1S/C18H18N2O2/c1-14(12-19)17(16-10-6-3-7-11-16)20-18(21)22-13-15-8-4-2-5-9-15/h2-11,14,17H,13H2,1H3,(H,20,21)/t14-,17-/m1/s1. The van der Waals surface area contributed by atoms with Gasteiger partial charge in [0.2, 0.25) is 0 Å². The van der Waals surface area contributed by atoms with E-state index in [4.69, 9.17) is 10.00 Å². The number of nitrogens with zero attached hydrogens (tertiary/aromatic N) is 1. The first-order valence-corrected chi connectivity index (χ1v) is 7.12. The Balaban J connectivity index is 1.98. The van der Waals surface area contributed by atoms with Gasteiger partial charge in [0.1, 0.15) is 6.61 Å². The summed E-state index contributed by atoms with van der Waals surface area (Å²) in [4.78, 5) is 12.0. The van der Waals surface area contributed by atoms with E-state index in [2.05, 4.69) is 11.4 Å². The van der Waals surface area contributed by atoms with Gasteiger partial charge in [-0.05, 0) is 18.1 Å². The van der Waals surface area contributed by atoms with Crippen molar-refractivity contribution in [3.05, 3.63) is 71.8 Å². The molecule has 112 valence electrons. The van der Waals surface area contributed by atoms with Crippen LogP contribution in [0.5, 0.6) is 0 Å². The molecule has 22 heavy (non-hydrogen) atoms. The van der Waals surface area contributed by atoms with Gasteiger partial charge in [0, 0.05) is 0 Å². The molecule has 4 nitrogen and oxygen atoms in total. The molecular weight excluding hydrogens is 276 g/mol. The molecule has 0 saturated carbocycles. The van der Waals surface area contributed by atoms with Gasteiger partial charge in [-0.2, -0.15) is 5.26 Å². The maximum absolute atomic E-state index is 12.0. The molecule has 0 aliphatic rings. The predicted molar refractivity (Wildman–Crippen MR) is 83.7 cm³/mol. The summed E-state index contributed by atoms with van der Waals surface area (Å²) in [5.41, 5.74) is 1.80. The zero-order valence-corrected chi connectivity index (χ0v) is 12.4. The van der Waals surface area contributed by atoms with E-state index >= 15 is 0 Å². The maximum Gasteiger partial charge on any atom is 0.407 e. The largest absolute Gasteiger partial charge is 0.445 e. The second-order valence-corrected chi connectivity index (χ2v) is 5.01. The molecule has 0 bridgehead atoms. The van der Waals surface area contributed by atoms with Crippen molar-refractivity contribution < 1.29 is 9.53 Å². The fourth-order valence-electron chi connectivity index (χ4n) is 2.12. The van der Waals surface area contributed by atoms with Gasteiger partial charge in [-0.25, -0.2) is 4.79 Å². The lowest BCUT2D eigenvalue weighted by Crippen LogP contribution is -2.32. The van der Waals surface area contributed by atoms with Crippen LogP contribution in [0.2, 0.25) is 0 Å². The Morgan fingerprint density at radius 3 is 2.32 bits per heavy atom. The van der Waals surface area contributed by atoms with E-state index in [9.17, 15) is 4.79 Å². The minimum Gasteiger partial charge on any atom is -0.445 e. The van der Waals surface area contributed by atoms with Crippen molar-refractivity contribution in [2.75, 3.05) is 0 Å². The number of benzene rings is 2. The number of hydrogen-bond acceptors (Lipinski definition) is 3. The Morgan fingerprint density at radius 1 is 1.14 bits per heavy atom. The van der Waals surface area contributed by atoms with Crippen molar-refractivity contribution in [3.63, 3.8) is 0 Å². The van der Waals surface area contributed by atoms with Crippen LogP contribution in [-0.2, 0) is 11.3 Å². The van der Waals surface area contributed by atoms with Gasteiger partial charge in [0.25, 0.3) is 0 Å². The molecule has 0 fully saturated rings. The Morgan fingerprint density at radius 2 is 1.73 bits per heavy atom. The van der Waals surface area contributed by atoms with Crippen LogP contribution in [0, 0.1) is 17.2 Å². The first-order chi connectivity index (χ1) is 10.7. The SMILES string of the molecule is C[C@H](C#N)[C@@H](NC(=O)OCc1ccccc1)c1ccccc1. The summed E-state index contributed by atoms with van der Waals surface area (Å²) in [6.07, 6.45) is -0.528. The Labute approximate surface area is 130 Å². The number of amides is 1. The van der Waals surface area contributed by atoms with Gasteiger partial charge < -0.3 is 10.1 Å². The molecule has 2 rings (SSSR count). The van der Waals surface area contributed by atoms with Crippen LogP contribution >= 0.6 is 0 Å². The van der Waals surface area contributed by atoms with Crippen LogP contribution in [0.25, 0.3) is 0 Å². The normalized spacial score (nSPS) is 12.7. The van der Waals surface area contributed by atoms with E-state index in [-0.39, 0.29) is 12.5 Å². The van der Waals surface area contributed by atoms with Gasteiger partial charge in [-0.1, -0.05) is 60.7 Å². The van der Waals surface area contributed by atoms with Crippen LogP contribution < -0.4 is 5.32 Å². The Bertz CT molecular complexity index is 635. The maximum atomic E-state index is 12.0. The molecule has 1 amide bonds.